The second-order valence-corrected chi connectivity index (χ2v) is 6.75. The molecule has 0 radical (unpaired) electrons. The molecule has 0 fully saturated rings. The van der Waals surface area contributed by atoms with E-state index >= 15 is 0 Å². The van der Waals surface area contributed by atoms with Crippen LogP contribution in [0.5, 0.6) is 0 Å². The first-order valence-corrected chi connectivity index (χ1v) is 9.43. The maximum atomic E-state index is 12.3. The van der Waals surface area contributed by atoms with Crippen molar-refractivity contribution >= 4 is 17.7 Å². The van der Waals surface area contributed by atoms with Crippen LogP contribution in [0.4, 0.5) is 0 Å². The molecule has 156 valence electrons. The summed E-state index contributed by atoms with van der Waals surface area (Å²) in [4.78, 5) is 36.0. The molecule has 30 heavy (non-hydrogen) atoms. The third kappa shape index (κ3) is 4.78. The maximum Gasteiger partial charge on any atom is 0.287 e. The lowest BCUT2D eigenvalue weighted by molar-refractivity contribution is -0.122. The predicted octanol–water partition coefficient (Wildman–Crippen LogP) is 2.64. The highest BCUT2D eigenvalue weighted by Crippen LogP contribution is 2.23. The van der Waals surface area contributed by atoms with Crippen LogP contribution in [0.25, 0.3) is 11.3 Å². The Bertz CT molecular complexity index is 1070. The van der Waals surface area contributed by atoms with Crippen molar-refractivity contribution < 1.29 is 23.2 Å². The van der Waals surface area contributed by atoms with Gasteiger partial charge in [0.2, 0.25) is 5.91 Å². The van der Waals surface area contributed by atoms with Crippen LogP contribution in [0.15, 0.2) is 57.6 Å². The van der Waals surface area contributed by atoms with Crippen LogP contribution in [0.2, 0.25) is 0 Å². The zero-order valence-electron chi connectivity index (χ0n) is 16.9. The van der Waals surface area contributed by atoms with Crippen molar-refractivity contribution in [2.45, 2.75) is 26.4 Å². The number of aryl methyl sites for hydroxylation is 1. The number of rotatable bonds is 7. The molecule has 8 heteroatoms. The number of carbonyl (C=O) groups excluding carboxylic acids is 3. The molecule has 0 bridgehead atoms. The second-order valence-electron chi connectivity index (χ2n) is 6.75. The third-order valence-corrected chi connectivity index (χ3v) is 4.59. The summed E-state index contributed by atoms with van der Waals surface area (Å²) in [6.07, 6.45) is 1.48. The lowest BCUT2D eigenvalue weighted by Gasteiger charge is -2.10. The summed E-state index contributed by atoms with van der Waals surface area (Å²) < 4.78 is 10.8. The second kappa shape index (κ2) is 9.13. The Morgan fingerprint density at radius 2 is 1.87 bits per heavy atom. The van der Waals surface area contributed by atoms with Gasteiger partial charge in [-0.15, -0.1) is 0 Å². The van der Waals surface area contributed by atoms with Crippen LogP contribution in [0.3, 0.4) is 0 Å². The van der Waals surface area contributed by atoms with Gasteiger partial charge in [-0.25, -0.2) is 0 Å². The van der Waals surface area contributed by atoms with Gasteiger partial charge in [0.1, 0.15) is 17.6 Å². The fraction of sp³-hybridized carbons (Fsp3) is 0.227. The Morgan fingerprint density at radius 3 is 2.57 bits per heavy atom. The molecular weight excluding hydrogens is 386 g/mol. The number of amides is 3. The highest BCUT2D eigenvalue weighted by atomic mass is 16.4. The van der Waals surface area contributed by atoms with Crippen LogP contribution in [0.1, 0.15) is 39.2 Å². The van der Waals surface area contributed by atoms with Crippen LogP contribution in [0, 0.1) is 6.92 Å². The van der Waals surface area contributed by atoms with E-state index in [0.29, 0.717) is 23.6 Å². The van der Waals surface area contributed by atoms with E-state index in [1.807, 2.05) is 24.3 Å². The fourth-order valence-electron chi connectivity index (χ4n) is 2.90. The highest BCUT2D eigenvalue weighted by molar-refractivity contribution is 5.96. The highest BCUT2D eigenvalue weighted by Gasteiger charge is 2.18. The lowest BCUT2D eigenvalue weighted by atomic mass is 10.1. The number of benzene rings is 1. The molecule has 3 N–H and O–H groups in total. The Kier molecular flexibility index (Phi) is 6.36. The van der Waals surface area contributed by atoms with Gasteiger partial charge in [0.25, 0.3) is 11.8 Å². The van der Waals surface area contributed by atoms with Crippen LogP contribution in [-0.2, 0) is 11.3 Å². The summed E-state index contributed by atoms with van der Waals surface area (Å²) in [5, 5.41) is 7.90. The molecule has 0 saturated heterocycles. The number of nitrogens with one attached hydrogen (secondary N) is 3. The first-order valence-electron chi connectivity index (χ1n) is 9.43. The molecule has 3 amide bonds. The van der Waals surface area contributed by atoms with Gasteiger partial charge >= 0.3 is 0 Å². The summed E-state index contributed by atoms with van der Waals surface area (Å²) in [5.74, 6) is 0.190. The Morgan fingerprint density at radius 1 is 1.07 bits per heavy atom. The fourth-order valence-corrected chi connectivity index (χ4v) is 2.90. The first kappa shape index (κ1) is 20.9. The molecule has 3 aromatic rings. The third-order valence-electron chi connectivity index (χ3n) is 4.59. The van der Waals surface area contributed by atoms with Gasteiger partial charge in [0, 0.05) is 19.2 Å². The summed E-state index contributed by atoms with van der Waals surface area (Å²) in [5.41, 5.74) is 2.14. The van der Waals surface area contributed by atoms with Crippen molar-refractivity contribution in [2.24, 2.45) is 0 Å². The molecule has 0 aliphatic carbocycles. The average molecular weight is 409 g/mol. The molecule has 1 atom stereocenters. The molecule has 0 aliphatic rings. The Balaban J connectivity index is 1.66. The van der Waals surface area contributed by atoms with E-state index in [4.69, 9.17) is 8.83 Å². The normalized spacial score (nSPS) is 11.6. The van der Waals surface area contributed by atoms with Gasteiger partial charge < -0.3 is 24.8 Å². The van der Waals surface area contributed by atoms with E-state index < -0.39 is 11.9 Å². The topological polar surface area (TPSA) is 114 Å². The molecule has 2 aromatic heterocycles. The zero-order valence-corrected chi connectivity index (χ0v) is 16.9. The van der Waals surface area contributed by atoms with Crippen molar-refractivity contribution in [3.8, 4) is 11.3 Å². The van der Waals surface area contributed by atoms with Gasteiger partial charge in [-0.1, -0.05) is 18.2 Å². The quantitative estimate of drug-likeness (QED) is 0.555. The molecular formula is C22H23N3O5. The minimum absolute atomic E-state index is 0.106. The Labute approximate surface area is 173 Å². The molecule has 8 nitrogen and oxygen atoms in total. The van der Waals surface area contributed by atoms with E-state index in [0.717, 1.165) is 11.1 Å². The van der Waals surface area contributed by atoms with Crippen molar-refractivity contribution in [3.05, 3.63) is 71.4 Å². The lowest BCUT2D eigenvalue weighted by Crippen LogP contribution is -2.43. The number of furan rings is 2. The molecule has 0 saturated carbocycles. The van der Waals surface area contributed by atoms with E-state index in [1.54, 1.807) is 32.0 Å². The number of hydrogen-bond donors (Lipinski definition) is 3. The van der Waals surface area contributed by atoms with Crippen molar-refractivity contribution in [1.29, 1.82) is 0 Å². The zero-order chi connectivity index (χ0) is 21.7. The van der Waals surface area contributed by atoms with Crippen molar-refractivity contribution in [2.75, 3.05) is 7.05 Å². The largest absolute Gasteiger partial charge is 0.469 e. The summed E-state index contributed by atoms with van der Waals surface area (Å²) >= 11 is 0. The first-order chi connectivity index (χ1) is 14.4. The van der Waals surface area contributed by atoms with Crippen LogP contribution >= 0.6 is 0 Å². The van der Waals surface area contributed by atoms with Crippen molar-refractivity contribution in [1.82, 2.24) is 16.0 Å². The average Bonchev–Trinajstić information content (AvgIpc) is 3.41. The molecule has 2 heterocycles. The van der Waals surface area contributed by atoms with E-state index in [9.17, 15) is 14.4 Å². The summed E-state index contributed by atoms with van der Waals surface area (Å²) in [6.45, 7) is 3.65. The standard InChI is InChI=1S/C22H23N3O5/c1-13(20(26)23-3)25-22(28)19-8-7-18(30-19)16-6-4-5-15(11-16)12-24-21(27)17-9-10-29-14(17)2/h4-11,13H,12H2,1-3H3,(H,23,26)(H,24,27)(H,25,28). The number of hydrogen-bond acceptors (Lipinski definition) is 5. The Hall–Kier alpha value is -3.81. The number of likely N-dealkylation sites (N-methyl/N-ethyl adjacent to an activating group) is 1. The van der Waals surface area contributed by atoms with Gasteiger partial charge in [0.05, 0.1) is 11.8 Å². The molecule has 0 aliphatic heterocycles. The van der Waals surface area contributed by atoms with Crippen LogP contribution in [-0.4, -0.2) is 30.8 Å². The van der Waals surface area contributed by atoms with E-state index in [1.165, 1.54) is 13.3 Å². The summed E-state index contributed by atoms with van der Waals surface area (Å²) in [7, 11) is 1.50. The van der Waals surface area contributed by atoms with Crippen LogP contribution < -0.4 is 16.0 Å². The smallest absolute Gasteiger partial charge is 0.287 e. The molecule has 3 rings (SSSR count). The molecule has 1 unspecified atom stereocenters. The summed E-state index contributed by atoms with van der Waals surface area (Å²) in [6, 6.07) is 11.6. The van der Waals surface area contributed by atoms with Gasteiger partial charge in [0.15, 0.2) is 5.76 Å². The van der Waals surface area contributed by atoms with Gasteiger partial charge in [-0.2, -0.15) is 0 Å². The van der Waals surface area contributed by atoms with E-state index in [-0.39, 0.29) is 17.6 Å². The van der Waals surface area contributed by atoms with Gasteiger partial charge in [-0.3, -0.25) is 14.4 Å². The number of carbonyl (C=O) groups is 3. The monoisotopic (exact) mass is 409 g/mol. The minimum atomic E-state index is -0.679. The van der Waals surface area contributed by atoms with Crippen molar-refractivity contribution in [3.63, 3.8) is 0 Å². The van der Waals surface area contributed by atoms with E-state index in [2.05, 4.69) is 16.0 Å². The predicted molar refractivity (Wildman–Crippen MR) is 110 cm³/mol. The van der Waals surface area contributed by atoms with Gasteiger partial charge in [-0.05, 0) is 43.7 Å². The minimum Gasteiger partial charge on any atom is -0.469 e. The molecule has 0 spiro atoms. The maximum absolute atomic E-state index is 12.3. The molecule has 1 aromatic carbocycles. The SMILES string of the molecule is CNC(=O)C(C)NC(=O)c1ccc(-c2cccc(CNC(=O)c3ccoc3C)c2)o1.